The molecule has 1 atom stereocenters. The third-order valence-corrected chi connectivity index (χ3v) is 1.69. The van der Waals surface area contributed by atoms with Crippen molar-refractivity contribution in [1.82, 2.24) is 5.32 Å². The van der Waals surface area contributed by atoms with Gasteiger partial charge in [0.2, 0.25) is 5.91 Å². The van der Waals surface area contributed by atoms with Crippen LogP contribution in [-0.2, 0) is 9.53 Å². The van der Waals surface area contributed by atoms with Crippen molar-refractivity contribution in [1.29, 1.82) is 0 Å². The molecule has 3 N–H and O–H groups in total. The zero-order valence-corrected chi connectivity index (χ0v) is 6.95. The number of carbonyl (C=O) groups is 1. The number of nitrogens with two attached hydrogens (primary N) is 1. The number of hydrogen-bond donors (Lipinski definition) is 2. The summed E-state index contributed by atoms with van der Waals surface area (Å²) >= 11 is 0. The van der Waals surface area contributed by atoms with Crippen molar-refractivity contribution in [2.75, 3.05) is 13.1 Å². The van der Waals surface area contributed by atoms with Crippen LogP contribution >= 0.6 is 0 Å². The Labute approximate surface area is 71.8 Å². The summed E-state index contributed by atoms with van der Waals surface area (Å²) in [4.78, 5) is 10.3. The largest absolute Gasteiger partial charge is 0.497 e. The van der Waals surface area contributed by atoms with Crippen molar-refractivity contribution >= 4 is 5.91 Å². The van der Waals surface area contributed by atoms with Gasteiger partial charge in [-0.05, 0) is 18.9 Å². The number of carbonyl (C=O) groups excluding carboxylic acids is 1. The molecule has 1 amide bonds. The number of nitrogens with one attached hydrogen (secondary N) is 1. The highest BCUT2D eigenvalue weighted by Crippen LogP contribution is 2.08. The van der Waals surface area contributed by atoms with Gasteiger partial charge in [-0.2, -0.15) is 0 Å². The molecule has 0 bridgehead atoms. The van der Waals surface area contributed by atoms with Gasteiger partial charge in [-0.1, -0.05) is 0 Å². The first-order valence-electron chi connectivity index (χ1n) is 4.08. The summed E-state index contributed by atoms with van der Waals surface area (Å²) in [7, 11) is 0. The fourth-order valence-corrected chi connectivity index (χ4v) is 1.09. The standard InChI is InChI=1S/C8H14N2O2/c9-8(11)6-10-5-7-3-1-2-4-12-7/h2,4,7,10H,1,3,5-6H2,(H2,9,11). The van der Waals surface area contributed by atoms with Gasteiger partial charge in [0, 0.05) is 6.54 Å². The van der Waals surface area contributed by atoms with Gasteiger partial charge >= 0.3 is 0 Å². The molecule has 12 heavy (non-hydrogen) atoms. The fraction of sp³-hybridized carbons (Fsp3) is 0.625. The lowest BCUT2D eigenvalue weighted by atomic mass is 10.1. The molecule has 0 aromatic rings. The summed E-state index contributed by atoms with van der Waals surface area (Å²) < 4.78 is 5.26. The molecule has 0 aromatic carbocycles. The summed E-state index contributed by atoms with van der Waals surface area (Å²) in [6.07, 6.45) is 5.94. The third-order valence-electron chi connectivity index (χ3n) is 1.69. The summed E-state index contributed by atoms with van der Waals surface area (Å²) in [5, 5.41) is 2.92. The molecule has 0 aliphatic carbocycles. The van der Waals surface area contributed by atoms with Crippen LogP contribution in [0.1, 0.15) is 12.8 Å². The molecule has 0 aromatic heterocycles. The van der Waals surface area contributed by atoms with Crippen molar-refractivity contribution in [3.05, 3.63) is 12.3 Å². The maximum Gasteiger partial charge on any atom is 0.231 e. The second kappa shape index (κ2) is 4.77. The molecular formula is C8H14N2O2. The number of primary amides is 1. The van der Waals surface area contributed by atoms with E-state index in [0.717, 1.165) is 12.8 Å². The van der Waals surface area contributed by atoms with Crippen molar-refractivity contribution < 1.29 is 9.53 Å². The monoisotopic (exact) mass is 170 g/mol. The number of rotatable bonds is 4. The lowest BCUT2D eigenvalue weighted by Gasteiger charge is -2.19. The van der Waals surface area contributed by atoms with Gasteiger partial charge < -0.3 is 15.8 Å². The topological polar surface area (TPSA) is 64.4 Å². The van der Waals surface area contributed by atoms with E-state index >= 15 is 0 Å². The molecule has 1 aliphatic rings. The average molecular weight is 170 g/mol. The first kappa shape index (κ1) is 9.06. The lowest BCUT2D eigenvalue weighted by molar-refractivity contribution is -0.117. The highest BCUT2D eigenvalue weighted by atomic mass is 16.5. The minimum Gasteiger partial charge on any atom is -0.497 e. The van der Waals surface area contributed by atoms with E-state index in [0.29, 0.717) is 6.54 Å². The summed E-state index contributed by atoms with van der Waals surface area (Å²) in [5.74, 6) is -0.332. The van der Waals surface area contributed by atoms with Gasteiger partial charge in [-0.15, -0.1) is 0 Å². The predicted molar refractivity (Wildman–Crippen MR) is 45.3 cm³/mol. The summed E-state index contributed by atoms with van der Waals surface area (Å²) in [5.41, 5.74) is 4.95. The van der Waals surface area contributed by atoms with E-state index in [4.69, 9.17) is 10.5 Å². The lowest BCUT2D eigenvalue weighted by Crippen LogP contribution is -2.35. The Bertz CT molecular complexity index is 180. The van der Waals surface area contributed by atoms with Crippen LogP contribution in [0.15, 0.2) is 12.3 Å². The van der Waals surface area contributed by atoms with Crippen molar-refractivity contribution in [2.24, 2.45) is 5.73 Å². The van der Waals surface area contributed by atoms with Crippen LogP contribution in [0.25, 0.3) is 0 Å². The van der Waals surface area contributed by atoms with E-state index in [2.05, 4.69) is 5.32 Å². The zero-order chi connectivity index (χ0) is 8.81. The predicted octanol–water partition coefficient (Wildman–Crippen LogP) is -0.246. The van der Waals surface area contributed by atoms with Crippen LogP contribution in [-0.4, -0.2) is 25.1 Å². The SMILES string of the molecule is NC(=O)CNCC1CCC=CO1. The molecule has 1 rings (SSSR count). The normalized spacial score (nSPS) is 21.8. The Morgan fingerprint density at radius 3 is 3.17 bits per heavy atom. The van der Waals surface area contributed by atoms with Gasteiger partial charge in [-0.3, -0.25) is 4.79 Å². The minimum atomic E-state index is -0.332. The summed E-state index contributed by atoms with van der Waals surface area (Å²) in [6.45, 7) is 0.914. The Hall–Kier alpha value is -1.03. The first-order valence-corrected chi connectivity index (χ1v) is 4.08. The molecule has 1 unspecified atom stereocenters. The molecule has 4 nitrogen and oxygen atoms in total. The van der Waals surface area contributed by atoms with Crippen LogP contribution in [0, 0.1) is 0 Å². The van der Waals surface area contributed by atoms with Crippen LogP contribution in [0.5, 0.6) is 0 Å². The van der Waals surface area contributed by atoms with Crippen molar-refractivity contribution in [2.45, 2.75) is 18.9 Å². The molecule has 68 valence electrons. The number of allylic oxidation sites excluding steroid dienone is 1. The van der Waals surface area contributed by atoms with Crippen molar-refractivity contribution in [3.8, 4) is 0 Å². The van der Waals surface area contributed by atoms with E-state index in [1.807, 2.05) is 6.08 Å². The van der Waals surface area contributed by atoms with E-state index in [1.54, 1.807) is 6.26 Å². The Balaban J connectivity index is 2.06. The molecule has 1 heterocycles. The number of ether oxygens (including phenoxy) is 1. The molecule has 1 aliphatic heterocycles. The van der Waals surface area contributed by atoms with Gasteiger partial charge in [0.15, 0.2) is 0 Å². The Kier molecular flexibility index (Phi) is 3.60. The summed E-state index contributed by atoms with van der Waals surface area (Å²) in [6, 6.07) is 0. The smallest absolute Gasteiger partial charge is 0.231 e. The maximum atomic E-state index is 10.3. The molecular weight excluding hydrogens is 156 g/mol. The molecule has 0 fully saturated rings. The Morgan fingerprint density at radius 2 is 2.58 bits per heavy atom. The number of amides is 1. The van der Waals surface area contributed by atoms with Crippen LogP contribution in [0.2, 0.25) is 0 Å². The van der Waals surface area contributed by atoms with E-state index in [-0.39, 0.29) is 18.6 Å². The highest BCUT2D eigenvalue weighted by Gasteiger charge is 2.09. The molecule has 0 spiro atoms. The van der Waals surface area contributed by atoms with Crippen LogP contribution < -0.4 is 11.1 Å². The molecule has 0 saturated carbocycles. The van der Waals surface area contributed by atoms with Crippen LogP contribution in [0.4, 0.5) is 0 Å². The van der Waals surface area contributed by atoms with E-state index in [1.165, 1.54) is 0 Å². The maximum absolute atomic E-state index is 10.3. The minimum absolute atomic E-state index is 0.189. The number of hydrogen-bond acceptors (Lipinski definition) is 3. The van der Waals surface area contributed by atoms with E-state index in [9.17, 15) is 4.79 Å². The third kappa shape index (κ3) is 3.39. The first-order chi connectivity index (χ1) is 5.79. The van der Waals surface area contributed by atoms with Gasteiger partial charge in [0.25, 0.3) is 0 Å². The Morgan fingerprint density at radius 1 is 1.75 bits per heavy atom. The van der Waals surface area contributed by atoms with Crippen LogP contribution in [0.3, 0.4) is 0 Å². The highest BCUT2D eigenvalue weighted by molar-refractivity contribution is 5.75. The molecule has 0 radical (unpaired) electrons. The molecule has 0 saturated heterocycles. The fourth-order valence-electron chi connectivity index (χ4n) is 1.09. The van der Waals surface area contributed by atoms with E-state index < -0.39 is 0 Å². The van der Waals surface area contributed by atoms with Crippen molar-refractivity contribution in [3.63, 3.8) is 0 Å². The van der Waals surface area contributed by atoms with Gasteiger partial charge in [-0.25, -0.2) is 0 Å². The molecule has 4 heteroatoms. The average Bonchev–Trinajstić information content (AvgIpc) is 2.05. The second-order valence-electron chi connectivity index (χ2n) is 2.80. The zero-order valence-electron chi connectivity index (χ0n) is 6.95. The quantitative estimate of drug-likeness (QED) is 0.611. The second-order valence-corrected chi connectivity index (χ2v) is 2.80. The van der Waals surface area contributed by atoms with Gasteiger partial charge in [0.1, 0.15) is 6.10 Å². The van der Waals surface area contributed by atoms with Gasteiger partial charge in [0.05, 0.1) is 12.8 Å².